The molecule has 1 N–H and O–H groups in total. The fourth-order valence-electron chi connectivity index (χ4n) is 2.78. The number of hydrogen-bond acceptors (Lipinski definition) is 6. The molecule has 26 heavy (non-hydrogen) atoms. The highest BCUT2D eigenvalue weighted by atomic mass is 32.1. The van der Waals surface area contributed by atoms with Crippen molar-refractivity contribution in [3.63, 3.8) is 0 Å². The molecule has 1 aliphatic rings. The fraction of sp³-hybridized carbons (Fsp3) is 0.389. The van der Waals surface area contributed by atoms with Crippen LogP contribution in [0.1, 0.15) is 64.3 Å². The number of aromatic nitrogens is 5. The summed E-state index contributed by atoms with van der Waals surface area (Å²) < 4.78 is 1.81. The first-order chi connectivity index (χ1) is 12.6. The van der Waals surface area contributed by atoms with Crippen LogP contribution < -0.4 is 5.32 Å². The maximum Gasteiger partial charge on any atom is 0.271 e. The molecule has 2 aromatic heterocycles. The van der Waals surface area contributed by atoms with Crippen molar-refractivity contribution in [3.05, 3.63) is 57.3 Å². The number of carbonyl (C=O) groups excluding carboxylic acids is 1. The van der Waals surface area contributed by atoms with Crippen LogP contribution >= 0.6 is 11.3 Å². The summed E-state index contributed by atoms with van der Waals surface area (Å²) in [4.78, 5) is 17.0. The zero-order chi connectivity index (χ0) is 18.1. The number of nitrogens with zero attached hydrogens (tertiary/aromatic N) is 5. The van der Waals surface area contributed by atoms with Gasteiger partial charge in [-0.15, -0.1) is 16.4 Å². The Balaban J connectivity index is 1.41. The van der Waals surface area contributed by atoms with Crippen molar-refractivity contribution in [1.82, 2.24) is 30.5 Å². The molecule has 1 aromatic carbocycles. The van der Waals surface area contributed by atoms with Crippen LogP contribution in [-0.2, 0) is 6.42 Å². The first kappa shape index (κ1) is 16.8. The van der Waals surface area contributed by atoms with E-state index in [9.17, 15) is 4.79 Å². The van der Waals surface area contributed by atoms with Gasteiger partial charge in [-0.2, -0.15) is 0 Å². The van der Waals surface area contributed by atoms with Crippen LogP contribution in [0.3, 0.4) is 0 Å². The molecule has 1 amide bonds. The molecule has 1 unspecified atom stereocenters. The van der Waals surface area contributed by atoms with Gasteiger partial charge in [0, 0.05) is 11.8 Å². The van der Waals surface area contributed by atoms with E-state index in [4.69, 9.17) is 0 Å². The highest BCUT2D eigenvalue weighted by Gasteiger charge is 2.30. The highest BCUT2D eigenvalue weighted by molar-refractivity contribution is 7.09. The number of rotatable bonds is 6. The Hall–Kier alpha value is -2.61. The first-order valence-electron chi connectivity index (χ1n) is 8.68. The summed E-state index contributed by atoms with van der Waals surface area (Å²) in [6.45, 7) is 3.96. The van der Waals surface area contributed by atoms with Gasteiger partial charge in [-0.25, -0.2) is 9.67 Å². The van der Waals surface area contributed by atoms with Gasteiger partial charge < -0.3 is 5.32 Å². The van der Waals surface area contributed by atoms with Crippen molar-refractivity contribution >= 4 is 17.2 Å². The second kappa shape index (κ2) is 6.95. The third kappa shape index (κ3) is 3.65. The lowest BCUT2D eigenvalue weighted by Crippen LogP contribution is -2.29. The summed E-state index contributed by atoms with van der Waals surface area (Å²) in [6, 6.07) is 8.47. The van der Waals surface area contributed by atoms with Gasteiger partial charge in [0.25, 0.3) is 5.91 Å². The van der Waals surface area contributed by atoms with Gasteiger partial charge in [-0.1, -0.05) is 29.8 Å². The van der Waals surface area contributed by atoms with Gasteiger partial charge in [0.1, 0.15) is 5.69 Å². The Morgan fingerprint density at radius 2 is 2.12 bits per heavy atom. The largest absolute Gasteiger partial charge is 0.341 e. The van der Waals surface area contributed by atoms with Crippen LogP contribution in [-0.4, -0.2) is 31.1 Å². The molecule has 3 aromatic rings. The summed E-state index contributed by atoms with van der Waals surface area (Å²) in [7, 11) is 0. The van der Waals surface area contributed by atoms with E-state index < -0.39 is 0 Å². The summed E-state index contributed by atoms with van der Waals surface area (Å²) >= 11 is 1.50. The quantitative estimate of drug-likeness (QED) is 0.723. The molecule has 0 saturated heterocycles. The molecular formula is C18H20N6OS. The van der Waals surface area contributed by atoms with Crippen molar-refractivity contribution in [3.8, 4) is 0 Å². The summed E-state index contributed by atoms with van der Waals surface area (Å²) in [6.07, 6.45) is 2.91. The standard InChI is InChI=1S/C18H20N6OS/c1-11-3-5-13(6-4-11)9-16-20-15(10-26-16)18(25)19-12(2)17-21-22-23-24(17)14-7-8-14/h3-6,10,12,14H,7-9H2,1-2H3,(H,19,25). The molecule has 0 bridgehead atoms. The third-order valence-electron chi connectivity index (χ3n) is 4.41. The Morgan fingerprint density at radius 1 is 1.35 bits per heavy atom. The van der Waals surface area contributed by atoms with E-state index in [0.29, 0.717) is 17.6 Å². The maximum atomic E-state index is 12.5. The number of hydrogen-bond donors (Lipinski definition) is 1. The predicted octanol–water partition coefficient (Wildman–Crippen LogP) is 2.85. The van der Waals surface area contributed by atoms with E-state index in [1.54, 1.807) is 5.38 Å². The molecule has 8 heteroatoms. The van der Waals surface area contributed by atoms with Gasteiger partial charge in [-0.3, -0.25) is 4.79 Å². The Kier molecular flexibility index (Phi) is 4.50. The predicted molar refractivity (Wildman–Crippen MR) is 98.1 cm³/mol. The smallest absolute Gasteiger partial charge is 0.271 e. The van der Waals surface area contributed by atoms with Gasteiger partial charge in [0.15, 0.2) is 5.82 Å². The number of nitrogens with one attached hydrogen (secondary N) is 1. The number of carbonyl (C=O) groups is 1. The molecule has 1 fully saturated rings. The van der Waals surface area contributed by atoms with Crippen LogP contribution in [0.5, 0.6) is 0 Å². The fourth-order valence-corrected chi connectivity index (χ4v) is 3.59. The zero-order valence-electron chi connectivity index (χ0n) is 14.7. The molecule has 1 saturated carbocycles. The normalized spacial score (nSPS) is 15.0. The summed E-state index contributed by atoms with van der Waals surface area (Å²) in [5.41, 5.74) is 2.86. The van der Waals surface area contributed by atoms with Crippen LogP contribution in [0.4, 0.5) is 0 Å². The number of amides is 1. The number of thiazole rings is 1. The lowest BCUT2D eigenvalue weighted by atomic mass is 10.1. The molecule has 0 radical (unpaired) electrons. The SMILES string of the molecule is Cc1ccc(Cc2nc(C(=O)NC(C)c3nnnn3C3CC3)cs2)cc1. The number of aryl methyl sites for hydroxylation is 1. The van der Waals surface area contributed by atoms with E-state index in [2.05, 4.69) is 57.0 Å². The van der Waals surface area contributed by atoms with Gasteiger partial charge in [-0.05, 0) is 42.7 Å². The zero-order valence-corrected chi connectivity index (χ0v) is 15.5. The molecule has 1 aliphatic carbocycles. The highest BCUT2D eigenvalue weighted by Crippen LogP contribution is 2.35. The average Bonchev–Trinajstić information content (AvgIpc) is 3.17. The molecule has 1 atom stereocenters. The maximum absolute atomic E-state index is 12.5. The van der Waals surface area contributed by atoms with Gasteiger partial charge in [0.2, 0.25) is 0 Å². The van der Waals surface area contributed by atoms with Crippen molar-refractivity contribution in [2.45, 2.75) is 45.2 Å². The Labute approximate surface area is 155 Å². The van der Waals surface area contributed by atoms with Crippen LogP contribution in [0, 0.1) is 6.92 Å². The lowest BCUT2D eigenvalue weighted by molar-refractivity contribution is 0.0933. The minimum absolute atomic E-state index is 0.200. The molecule has 2 heterocycles. The van der Waals surface area contributed by atoms with Crippen molar-refractivity contribution < 1.29 is 4.79 Å². The van der Waals surface area contributed by atoms with Crippen LogP contribution in [0.2, 0.25) is 0 Å². The number of tetrazole rings is 1. The van der Waals surface area contributed by atoms with E-state index in [1.807, 2.05) is 11.6 Å². The molecule has 7 nitrogen and oxygen atoms in total. The van der Waals surface area contributed by atoms with Crippen LogP contribution in [0.15, 0.2) is 29.6 Å². The summed E-state index contributed by atoms with van der Waals surface area (Å²) in [5.74, 6) is 0.491. The van der Waals surface area contributed by atoms with Crippen molar-refractivity contribution in [2.75, 3.05) is 0 Å². The molecular weight excluding hydrogens is 348 g/mol. The van der Waals surface area contributed by atoms with E-state index in [-0.39, 0.29) is 11.9 Å². The van der Waals surface area contributed by atoms with E-state index in [0.717, 1.165) is 24.3 Å². The van der Waals surface area contributed by atoms with Crippen LogP contribution in [0.25, 0.3) is 0 Å². The third-order valence-corrected chi connectivity index (χ3v) is 5.26. The average molecular weight is 368 g/mol. The molecule has 0 aliphatic heterocycles. The topological polar surface area (TPSA) is 85.6 Å². The van der Waals surface area contributed by atoms with Crippen molar-refractivity contribution in [1.29, 1.82) is 0 Å². The number of benzene rings is 1. The minimum Gasteiger partial charge on any atom is -0.341 e. The summed E-state index contributed by atoms with van der Waals surface area (Å²) in [5, 5.41) is 17.5. The van der Waals surface area contributed by atoms with Crippen molar-refractivity contribution in [2.24, 2.45) is 0 Å². The first-order valence-corrected chi connectivity index (χ1v) is 9.56. The second-order valence-corrected chi connectivity index (χ2v) is 7.64. The van der Waals surface area contributed by atoms with E-state index >= 15 is 0 Å². The Bertz CT molecular complexity index is 912. The molecule has 134 valence electrons. The lowest BCUT2D eigenvalue weighted by Gasteiger charge is -2.12. The minimum atomic E-state index is -0.264. The molecule has 0 spiro atoms. The van der Waals surface area contributed by atoms with E-state index in [1.165, 1.54) is 22.5 Å². The van der Waals surface area contributed by atoms with Gasteiger partial charge >= 0.3 is 0 Å². The monoisotopic (exact) mass is 368 g/mol. The second-order valence-electron chi connectivity index (χ2n) is 6.70. The Morgan fingerprint density at radius 3 is 2.85 bits per heavy atom. The molecule has 4 rings (SSSR count). The van der Waals surface area contributed by atoms with Gasteiger partial charge in [0.05, 0.1) is 17.1 Å².